The number of carbonyl (C=O) groups excluding carboxylic acids is 1. The van der Waals surface area contributed by atoms with Crippen molar-refractivity contribution in [2.45, 2.75) is 36.5 Å². The van der Waals surface area contributed by atoms with E-state index in [0.29, 0.717) is 24.6 Å². The van der Waals surface area contributed by atoms with Crippen molar-refractivity contribution in [2.24, 2.45) is 5.73 Å². The lowest BCUT2D eigenvalue weighted by molar-refractivity contribution is -0.141. The Kier molecular flexibility index (Phi) is 8.85. The maximum atomic E-state index is 12.6. The van der Waals surface area contributed by atoms with Gasteiger partial charge in [0.15, 0.2) is 11.5 Å². The fourth-order valence-corrected chi connectivity index (χ4v) is 3.47. The summed E-state index contributed by atoms with van der Waals surface area (Å²) in [4.78, 5) is 15.3. The van der Waals surface area contributed by atoms with Crippen molar-refractivity contribution >= 4 is 30.1 Å². The molecule has 1 saturated heterocycles. The van der Waals surface area contributed by atoms with E-state index in [9.17, 15) is 4.79 Å². The number of thioether (sulfide) groups is 1. The van der Waals surface area contributed by atoms with E-state index in [0.717, 1.165) is 23.3 Å². The average molecular weight is 391 g/mol. The first kappa shape index (κ1) is 21.9. The molecule has 1 aromatic carbocycles. The maximum Gasteiger partial charge on any atom is 0.251 e. The molecule has 0 radical (unpaired) electrons. The van der Waals surface area contributed by atoms with Crippen molar-refractivity contribution in [3.63, 3.8) is 0 Å². The number of amides is 1. The molecule has 0 unspecified atom stereocenters. The van der Waals surface area contributed by atoms with Crippen LogP contribution in [0.3, 0.4) is 0 Å². The number of nitrogens with two attached hydrogens (primary N) is 1. The highest BCUT2D eigenvalue weighted by atomic mass is 35.5. The lowest BCUT2D eigenvalue weighted by Crippen LogP contribution is -2.36. The molecule has 1 fully saturated rings. The van der Waals surface area contributed by atoms with Gasteiger partial charge < -0.3 is 24.8 Å². The van der Waals surface area contributed by atoms with Gasteiger partial charge in [-0.25, -0.2) is 0 Å². The molecule has 2 rings (SSSR count). The number of methoxy groups -OCH3 is 2. The van der Waals surface area contributed by atoms with E-state index in [1.165, 1.54) is 0 Å². The molecule has 0 saturated carbocycles. The van der Waals surface area contributed by atoms with Crippen LogP contribution in [0.2, 0.25) is 0 Å². The van der Waals surface area contributed by atoms with Crippen molar-refractivity contribution in [1.82, 2.24) is 4.90 Å². The molecule has 1 aromatic rings. The monoisotopic (exact) mass is 390 g/mol. The molecule has 1 amide bonds. The minimum atomic E-state index is -0.388. The number of hydrogen-bond donors (Lipinski definition) is 1. The van der Waals surface area contributed by atoms with Crippen LogP contribution in [0.25, 0.3) is 0 Å². The van der Waals surface area contributed by atoms with E-state index < -0.39 is 0 Å². The van der Waals surface area contributed by atoms with Crippen LogP contribution < -0.4 is 15.2 Å². The number of hydrogen-bond acceptors (Lipinski definition) is 6. The predicted octanol–water partition coefficient (Wildman–Crippen LogP) is 2.31. The van der Waals surface area contributed by atoms with Crippen molar-refractivity contribution in [1.29, 1.82) is 0 Å². The lowest BCUT2D eigenvalue weighted by Gasteiger charge is -2.23. The topological polar surface area (TPSA) is 74.0 Å². The number of rotatable bonds is 7. The minimum absolute atomic E-state index is 0. The van der Waals surface area contributed by atoms with E-state index in [1.807, 2.05) is 18.4 Å². The van der Waals surface area contributed by atoms with Crippen LogP contribution in [-0.2, 0) is 16.1 Å². The van der Waals surface area contributed by atoms with Gasteiger partial charge in [-0.15, -0.1) is 24.2 Å². The van der Waals surface area contributed by atoms with E-state index in [-0.39, 0.29) is 30.5 Å². The summed E-state index contributed by atoms with van der Waals surface area (Å²) in [6.07, 6.45) is 3.18. The second-order valence-electron chi connectivity index (χ2n) is 5.77. The largest absolute Gasteiger partial charge is 0.493 e. The smallest absolute Gasteiger partial charge is 0.251 e. The van der Waals surface area contributed by atoms with Crippen LogP contribution >= 0.6 is 24.2 Å². The van der Waals surface area contributed by atoms with Crippen molar-refractivity contribution in [3.05, 3.63) is 17.7 Å². The number of nitrogens with zero attached hydrogens (tertiary/aromatic N) is 1. The van der Waals surface area contributed by atoms with Gasteiger partial charge in [0.25, 0.3) is 5.91 Å². The molecule has 2 N–H and O–H groups in total. The molecule has 0 aromatic heterocycles. The van der Waals surface area contributed by atoms with Gasteiger partial charge in [-0.2, -0.15) is 0 Å². The van der Waals surface area contributed by atoms with Gasteiger partial charge in [0, 0.05) is 25.0 Å². The molecule has 1 heterocycles. The Morgan fingerprint density at radius 3 is 2.48 bits per heavy atom. The van der Waals surface area contributed by atoms with Crippen LogP contribution in [0.15, 0.2) is 17.0 Å². The second kappa shape index (κ2) is 10.1. The third-order valence-corrected chi connectivity index (χ3v) is 5.04. The second-order valence-corrected chi connectivity index (χ2v) is 6.62. The Morgan fingerprint density at radius 1 is 1.32 bits per heavy atom. The molecule has 0 aliphatic carbocycles. The molecule has 6 nitrogen and oxygen atoms in total. The lowest BCUT2D eigenvalue weighted by atomic mass is 10.1. The summed E-state index contributed by atoms with van der Waals surface area (Å²) >= 11 is 1.61. The van der Waals surface area contributed by atoms with E-state index in [2.05, 4.69) is 0 Å². The number of likely N-dealkylation sites (N-methyl/N-ethyl adjacent to an activating group) is 1. The van der Waals surface area contributed by atoms with E-state index >= 15 is 0 Å². The van der Waals surface area contributed by atoms with Crippen molar-refractivity contribution < 1.29 is 19.0 Å². The van der Waals surface area contributed by atoms with Crippen molar-refractivity contribution in [3.8, 4) is 11.5 Å². The quantitative estimate of drug-likeness (QED) is 0.720. The standard InChI is InChI=1S/C17H26N2O4S.ClH/c1-19(17(20)13-6-5-12(9-18)23-13)10-11-7-14(21-2)15(22-3)8-16(11)24-4;/h7-8,12-13H,5-6,9-10,18H2,1-4H3;1H/t12-,13+;/m1./s1. The van der Waals surface area contributed by atoms with E-state index in [1.54, 1.807) is 37.9 Å². The Bertz CT molecular complexity index is 588. The number of ether oxygens (including phenoxy) is 3. The Balaban J connectivity index is 0.00000312. The van der Waals surface area contributed by atoms with Gasteiger partial charge in [-0.3, -0.25) is 4.79 Å². The molecule has 0 spiro atoms. The molecule has 8 heteroatoms. The molecule has 25 heavy (non-hydrogen) atoms. The Labute approximate surface area is 159 Å². The first-order valence-electron chi connectivity index (χ1n) is 7.93. The minimum Gasteiger partial charge on any atom is -0.493 e. The van der Waals surface area contributed by atoms with Gasteiger partial charge >= 0.3 is 0 Å². The maximum absolute atomic E-state index is 12.6. The van der Waals surface area contributed by atoms with Gasteiger partial charge in [-0.1, -0.05) is 0 Å². The summed E-state index contributed by atoms with van der Waals surface area (Å²) in [5.41, 5.74) is 6.63. The average Bonchev–Trinajstić information content (AvgIpc) is 3.09. The van der Waals surface area contributed by atoms with Gasteiger partial charge in [0.05, 0.1) is 20.3 Å². The third-order valence-electron chi connectivity index (χ3n) is 4.22. The summed E-state index contributed by atoms with van der Waals surface area (Å²) in [7, 11) is 5.01. The van der Waals surface area contributed by atoms with Gasteiger partial charge in [0.1, 0.15) is 6.10 Å². The predicted molar refractivity (Wildman–Crippen MR) is 102 cm³/mol. The highest BCUT2D eigenvalue weighted by Gasteiger charge is 2.32. The highest BCUT2D eigenvalue weighted by Crippen LogP contribution is 2.35. The van der Waals surface area contributed by atoms with E-state index in [4.69, 9.17) is 19.9 Å². The normalized spacial score (nSPS) is 19.2. The summed E-state index contributed by atoms with van der Waals surface area (Å²) in [6.45, 7) is 0.947. The van der Waals surface area contributed by atoms with Crippen LogP contribution in [0.1, 0.15) is 18.4 Å². The fraction of sp³-hybridized carbons (Fsp3) is 0.588. The molecule has 0 bridgehead atoms. The zero-order valence-electron chi connectivity index (χ0n) is 15.1. The summed E-state index contributed by atoms with van der Waals surface area (Å²) in [5, 5.41) is 0. The Morgan fingerprint density at radius 2 is 1.96 bits per heavy atom. The fourth-order valence-electron chi connectivity index (χ4n) is 2.86. The highest BCUT2D eigenvalue weighted by molar-refractivity contribution is 7.98. The van der Waals surface area contributed by atoms with Crippen LogP contribution in [0.4, 0.5) is 0 Å². The molecule has 142 valence electrons. The molecular weight excluding hydrogens is 364 g/mol. The first-order chi connectivity index (χ1) is 11.5. The summed E-state index contributed by atoms with van der Waals surface area (Å²) in [6, 6.07) is 3.86. The van der Waals surface area contributed by atoms with Gasteiger partial charge in [-0.05, 0) is 36.8 Å². The summed E-state index contributed by atoms with van der Waals surface area (Å²) < 4.78 is 16.4. The summed E-state index contributed by atoms with van der Waals surface area (Å²) in [5.74, 6) is 1.34. The molecule has 1 aliphatic rings. The van der Waals surface area contributed by atoms with Crippen molar-refractivity contribution in [2.75, 3.05) is 34.1 Å². The number of benzene rings is 1. The Hall–Kier alpha value is -1.15. The molecular formula is C17H27ClN2O4S. The zero-order valence-corrected chi connectivity index (χ0v) is 16.7. The van der Waals surface area contributed by atoms with Crippen LogP contribution in [0.5, 0.6) is 11.5 Å². The molecule has 1 aliphatic heterocycles. The first-order valence-corrected chi connectivity index (χ1v) is 9.15. The van der Waals surface area contributed by atoms with Crippen LogP contribution in [-0.4, -0.2) is 57.1 Å². The third kappa shape index (κ3) is 5.17. The van der Waals surface area contributed by atoms with Crippen LogP contribution in [0, 0.1) is 0 Å². The number of halogens is 1. The SMILES string of the molecule is COc1cc(CN(C)C(=O)[C@@H]2CC[C@H](CN)O2)c(SC)cc1OC.Cl. The van der Waals surface area contributed by atoms with Gasteiger partial charge in [0.2, 0.25) is 0 Å². The zero-order chi connectivity index (χ0) is 17.7. The molecule has 2 atom stereocenters. The number of carbonyl (C=O) groups is 1.